The summed E-state index contributed by atoms with van der Waals surface area (Å²) in [6.45, 7) is 11.0. The zero-order valence-corrected chi connectivity index (χ0v) is 13.7. The van der Waals surface area contributed by atoms with E-state index in [2.05, 4.69) is 45.1 Å². The fourth-order valence-corrected chi connectivity index (χ4v) is 2.59. The molecule has 3 heteroatoms. The summed E-state index contributed by atoms with van der Waals surface area (Å²) in [5.74, 6) is 3.77. The summed E-state index contributed by atoms with van der Waals surface area (Å²) in [4.78, 5) is 0. The standard InChI is InChI=1S/C17H29NO2/c1-12(2)17(13(3)4)11-18-10-14-7-15(19-5)9-16(8-14)20-6/h7-9,12-13,17-18H,10-11H2,1-6H3. The molecule has 1 aromatic carbocycles. The van der Waals surface area contributed by atoms with E-state index in [1.165, 1.54) is 5.56 Å². The summed E-state index contributed by atoms with van der Waals surface area (Å²) in [6, 6.07) is 6.00. The van der Waals surface area contributed by atoms with Crippen molar-refractivity contribution in [3.63, 3.8) is 0 Å². The molecule has 1 aromatic rings. The molecular formula is C17H29NO2. The van der Waals surface area contributed by atoms with E-state index < -0.39 is 0 Å². The van der Waals surface area contributed by atoms with Crippen LogP contribution in [0.1, 0.15) is 33.3 Å². The van der Waals surface area contributed by atoms with Crippen molar-refractivity contribution >= 4 is 0 Å². The fourth-order valence-electron chi connectivity index (χ4n) is 2.59. The zero-order valence-electron chi connectivity index (χ0n) is 13.7. The third-order valence-electron chi connectivity index (χ3n) is 3.83. The van der Waals surface area contributed by atoms with Crippen LogP contribution in [0.15, 0.2) is 18.2 Å². The van der Waals surface area contributed by atoms with Crippen LogP contribution >= 0.6 is 0 Å². The molecule has 3 nitrogen and oxygen atoms in total. The monoisotopic (exact) mass is 279 g/mol. The molecule has 20 heavy (non-hydrogen) atoms. The Morgan fingerprint density at radius 3 is 1.80 bits per heavy atom. The minimum Gasteiger partial charge on any atom is -0.497 e. The van der Waals surface area contributed by atoms with Crippen molar-refractivity contribution in [3.05, 3.63) is 23.8 Å². The average molecular weight is 279 g/mol. The highest BCUT2D eigenvalue weighted by molar-refractivity contribution is 5.38. The highest BCUT2D eigenvalue weighted by atomic mass is 16.5. The molecule has 0 heterocycles. The molecule has 1 rings (SSSR count). The first-order valence-electron chi connectivity index (χ1n) is 7.40. The third-order valence-corrected chi connectivity index (χ3v) is 3.83. The molecule has 0 spiro atoms. The van der Waals surface area contributed by atoms with Crippen LogP contribution in [0.4, 0.5) is 0 Å². The lowest BCUT2D eigenvalue weighted by Gasteiger charge is -2.25. The normalized spacial score (nSPS) is 11.4. The van der Waals surface area contributed by atoms with Crippen LogP contribution in [0.5, 0.6) is 11.5 Å². The van der Waals surface area contributed by atoms with Crippen LogP contribution in [0.3, 0.4) is 0 Å². The lowest BCUT2D eigenvalue weighted by molar-refractivity contribution is 0.275. The predicted molar refractivity (Wildman–Crippen MR) is 84.4 cm³/mol. The van der Waals surface area contributed by atoms with Crippen molar-refractivity contribution in [1.29, 1.82) is 0 Å². The van der Waals surface area contributed by atoms with E-state index in [-0.39, 0.29) is 0 Å². The lowest BCUT2D eigenvalue weighted by atomic mass is 9.85. The third kappa shape index (κ3) is 5.04. The molecule has 0 aliphatic heterocycles. The van der Waals surface area contributed by atoms with E-state index in [0.29, 0.717) is 17.8 Å². The molecule has 0 atom stereocenters. The molecule has 0 aromatic heterocycles. The van der Waals surface area contributed by atoms with Crippen LogP contribution < -0.4 is 14.8 Å². The van der Waals surface area contributed by atoms with E-state index in [1.54, 1.807) is 14.2 Å². The number of nitrogens with one attached hydrogen (secondary N) is 1. The van der Waals surface area contributed by atoms with Crippen molar-refractivity contribution < 1.29 is 9.47 Å². The van der Waals surface area contributed by atoms with Crippen molar-refractivity contribution in [2.24, 2.45) is 17.8 Å². The van der Waals surface area contributed by atoms with Crippen LogP contribution in [-0.4, -0.2) is 20.8 Å². The molecule has 0 fully saturated rings. The van der Waals surface area contributed by atoms with E-state index in [0.717, 1.165) is 24.6 Å². The topological polar surface area (TPSA) is 30.5 Å². The SMILES string of the molecule is COc1cc(CNCC(C(C)C)C(C)C)cc(OC)c1. The van der Waals surface area contributed by atoms with Gasteiger partial charge in [-0.1, -0.05) is 27.7 Å². The van der Waals surface area contributed by atoms with E-state index in [4.69, 9.17) is 9.47 Å². The Hall–Kier alpha value is -1.22. The zero-order chi connectivity index (χ0) is 15.1. The highest BCUT2D eigenvalue weighted by Gasteiger charge is 2.16. The second-order valence-electron chi connectivity index (χ2n) is 6.00. The van der Waals surface area contributed by atoms with Gasteiger partial charge in [0.1, 0.15) is 11.5 Å². The van der Waals surface area contributed by atoms with E-state index in [1.807, 2.05) is 6.07 Å². The molecule has 0 bridgehead atoms. The Morgan fingerprint density at radius 2 is 1.40 bits per heavy atom. The van der Waals surface area contributed by atoms with Gasteiger partial charge >= 0.3 is 0 Å². The van der Waals surface area contributed by atoms with Crippen molar-refractivity contribution in [2.45, 2.75) is 34.2 Å². The second kappa shape index (κ2) is 8.15. The maximum atomic E-state index is 5.29. The molecule has 0 aliphatic rings. The predicted octanol–water partition coefficient (Wildman–Crippen LogP) is 3.72. The maximum absolute atomic E-state index is 5.29. The second-order valence-corrected chi connectivity index (χ2v) is 6.00. The molecule has 0 saturated carbocycles. The van der Waals surface area contributed by atoms with Gasteiger partial charge in [-0.05, 0) is 42.0 Å². The summed E-state index contributed by atoms with van der Waals surface area (Å²) in [5.41, 5.74) is 1.19. The Bertz CT molecular complexity index is 372. The van der Waals surface area contributed by atoms with Crippen LogP contribution in [0.2, 0.25) is 0 Å². The molecule has 0 saturated heterocycles. The molecule has 0 unspecified atom stereocenters. The Morgan fingerprint density at radius 1 is 0.900 bits per heavy atom. The van der Waals surface area contributed by atoms with Crippen molar-refractivity contribution in [1.82, 2.24) is 5.32 Å². The van der Waals surface area contributed by atoms with Gasteiger partial charge in [-0.3, -0.25) is 0 Å². The van der Waals surface area contributed by atoms with Gasteiger partial charge in [0.15, 0.2) is 0 Å². The minimum atomic E-state index is 0.697. The van der Waals surface area contributed by atoms with Gasteiger partial charge in [0.2, 0.25) is 0 Å². The van der Waals surface area contributed by atoms with Crippen LogP contribution in [0, 0.1) is 17.8 Å². The summed E-state index contributed by atoms with van der Waals surface area (Å²) >= 11 is 0. The molecule has 0 amide bonds. The van der Waals surface area contributed by atoms with Gasteiger partial charge in [0, 0.05) is 12.6 Å². The number of rotatable bonds is 8. The Balaban J connectivity index is 2.61. The van der Waals surface area contributed by atoms with Crippen LogP contribution in [-0.2, 0) is 6.54 Å². The number of methoxy groups -OCH3 is 2. The minimum absolute atomic E-state index is 0.697. The van der Waals surface area contributed by atoms with Crippen molar-refractivity contribution in [2.75, 3.05) is 20.8 Å². The smallest absolute Gasteiger partial charge is 0.122 e. The molecule has 0 aliphatic carbocycles. The lowest BCUT2D eigenvalue weighted by Crippen LogP contribution is -2.29. The van der Waals surface area contributed by atoms with Crippen molar-refractivity contribution in [3.8, 4) is 11.5 Å². The molecule has 114 valence electrons. The molecule has 0 radical (unpaired) electrons. The Labute approximate surface area is 123 Å². The van der Waals surface area contributed by atoms with Gasteiger partial charge in [-0.25, -0.2) is 0 Å². The number of benzene rings is 1. The summed E-state index contributed by atoms with van der Waals surface area (Å²) < 4.78 is 10.6. The summed E-state index contributed by atoms with van der Waals surface area (Å²) in [6.07, 6.45) is 0. The first-order valence-corrected chi connectivity index (χ1v) is 7.40. The summed E-state index contributed by atoms with van der Waals surface area (Å²) in [5, 5.41) is 3.56. The maximum Gasteiger partial charge on any atom is 0.122 e. The van der Waals surface area contributed by atoms with E-state index in [9.17, 15) is 0 Å². The van der Waals surface area contributed by atoms with Gasteiger partial charge in [-0.2, -0.15) is 0 Å². The van der Waals surface area contributed by atoms with Gasteiger partial charge in [0.25, 0.3) is 0 Å². The van der Waals surface area contributed by atoms with Crippen LogP contribution in [0.25, 0.3) is 0 Å². The fraction of sp³-hybridized carbons (Fsp3) is 0.647. The molecule has 1 N–H and O–H groups in total. The quantitative estimate of drug-likeness (QED) is 0.786. The van der Waals surface area contributed by atoms with E-state index >= 15 is 0 Å². The highest BCUT2D eigenvalue weighted by Crippen LogP contribution is 2.23. The Kier molecular flexibility index (Phi) is 6.86. The largest absolute Gasteiger partial charge is 0.497 e. The van der Waals surface area contributed by atoms with Gasteiger partial charge in [0.05, 0.1) is 14.2 Å². The number of ether oxygens (including phenoxy) is 2. The number of hydrogen-bond acceptors (Lipinski definition) is 3. The first kappa shape index (κ1) is 16.8. The summed E-state index contributed by atoms with van der Waals surface area (Å²) in [7, 11) is 3.36. The van der Waals surface area contributed by atoms with Gasteiger partial charge in [-0.15, -0.1) is 0 Å². The average Bonchev–Trinajstić information content (AvgIpc) is 2.42. The number of hydrogen-bond donors (Lipinski definition) is 1. The van der Waals surface area contributed by atoms with Gasteiger partial charge < -0.3 is 14.8 Å². The molecular weight excluding hydrogens is 250 g/mol. The first-order chi connectivity index (χ1) is 9.47.